The number of aryl methyl sites for hydroxylation is 1. The molecule has 0 bridgehead atoms. The lowest BCUT2D eigenvalue weighted by Crippen LogP contribution is -2.30. The van der Waals surface area contributed by atoms with E-state index in [2.05, 4.69) is 12.0 Å². The van der Waals surface area contributed by atoms with Gasteiger partial charge in [-0.3, -0.25) is 9.48 Å². The minimum Gasteiger partial charge on any atom is -0.328 e. The van der Waals surface area contributed by atoms with E-state index in [9.17, 15) is 4.79 Å². The van der Waals surface area contributed by atoms with Crippen molar-refractivity contribution in [2.24, 2.45) is 11.7 Å². The highest BCUT2D eigenvalue weighted by atomic mass is 16.1. The van der Waals surface area contributed by atoms with Crippen molar-refractivity contribution in [2.75, 3.05) is 0 Å². The fraction of sp³-hybridized carbons (Fsp3) is 0.692. The summed E-state index contributed by atoms with van der Waals surface area (Å²) in [7, 11) is 0. The van der Waals surface area contributed by atoms with Gasteiger partial charge in [-0.15, -0.1) is 0 Å². The van der Waals surface area contributed by atoms with E-state index >= 15 is 0 Å². The van der Waals surface area contributed by atoms with Crippen LogP contribution in [0.4, 0.5) is 0 Å². The van der Waals surface area contributed by atoms with Gasteiger partial charge in [-0.1, -0.05) is 6.92 Å². The summed E-state index contributed by atoms with van der Waals surface area (Å²) in [6.45, 7) is 2.91. The van der Waals surface area contributed by atoms with Gasteiger partial charge in [0.2, 0.25) is 0 Å². The first kappa shape index (κ1) is 12.3. The van der Waals surface area contributed by atoms with E-state index in [1.54, 1.807) is 6.20 Å². The fourth-order valence-corrected chi connectivity index (χ4v) is 2.52. The molecule has 2 rings (SSSR count). The number of ketones is 1. The molecule has 1 heterocycles. The molecule has 2 N–H and O–H groups in total. The Kier molecular flexibility index (Phi) is 3.94. The number of nitrogens with two attached hydrogens (primary N) is 1. The third kappa shape index (κ3) is 2.75. The molecule has 4 nitrogen and oxygen atoms in total. The lowest BCUT2D eigenvalue weighted by atomic mass is 9.83. The van der Waals surface area contributed by atoms with Crippen LogP contribution in [-0.4, -0.2) is 21.6 Å². The summed E-state index contributed by atoms with van der Waals surface area (Å²) in [5.74, 6) is 0.407. The summed E-state index contributed by atoms with van der Waals surface area (Å²) in [5.41, 5.74) is 6.64. The third-order valence-electron chi connectivity index (χ3n) is 3.55. The van der Waals surface area contributed by atoms with E-state index in [0.717, 1.165) is 44.3 Å². The average molecular weight is 235 g/mol. The number of hydrogen-bond donors (Lipinski definition) is 1. The van der Waals surface area contributed by atoms with E-state index in [0.29, 0.717) is 6.04 Å². The van der Waals surface area contributed by atoms with Crippen molar-refractivity contribution in [2.45, 2.75) is 51.6 Å². The second-order valence-corrected chi connectivity index (χ2v) is 4.92. The molecule has 1 aromatic heterocycles. The molecule has 0 aliphatic heterocycles. The summed E-state index contributed by atoms with van der Waals surface area (Å²) in [6.07, 6.45) is 6.51. The Morgan fingerprint density at radius 2 is 2.18 bits per heavy atom. The SMILES string of the molecule is CCCn1nccc1C(=O)C1CCC(N)CC1. The number of rotatable bonds is 4. The quantitative estimate of drug-likeness (QED) is 0.812. The molecular formula is C13H21N3O. The second-order valence-electron chi connectivity index (χ2n) is 4.92. The minimum absolute atomic E-state index is 0.155. The highest BCUT2D eigenvalue weighted by Gasteiger charge is 2.27. The van der Waals surface area contributed by atoms with Gasteiger partial charge in [-0.05, 0) is 38.2 Å². The van der Waals surface area contributed by atoms with Crippen LogP contribution in [0.5, 0.6) is 0 Å². The molecule has 17 heavy (non-hydrogen) atoms. The second kappa shape index (κ2) is 5.45. The molecule has 4 heteroatoms. The van der Waals surface area contributed by atoms with E-state index in [4.69, 9.17) is 5.73 Å². The molecule has 1 aromatic rings. The Morgan fingerprint density at radius 1 is 1.47 bits per heavy atom. The van der Waals surface area contributed by atoms with Crippen LogP contribution < -0.4 is 5.73 Å². The topological polar surface area (TPSA) is 60.9 Å². The van der Waals surface area contributed by atoms with Crippen LogP contribution in [0.25, 0.3) is 0 Å². The van der Waals surface area contributed by atoms with E-state index < -0.39 is 0 Å². The summed E-state index contributed by atoms with van der Waals surface area (Å²) >= 11 is 0. The van der Waals surface area contributed by atoms with Gasteiger partial charge < -0.3 is 5.73 Å². The number of nitrogens with zero attached hydrogens (tertiary/aromatic N) is 2. The van der Waals surface area contributed by atoms with Crippen LogP contribution >= 0.6 is 0 Å². The van der Waals surface area contributed by atoms with Crippen molar-refractivity contribution in [3.8, 4) is 0 Å². The minimum atomic E-state index is 0.155. The Balaban J connectivity index is 2.06. The third-order valence-corrected chi connectivity index (χ3v) is 3.55. The van der Waals surface area contributed by atoms with Crippen molar-refractivity contribution in [1.29, 1.82) is 0 Å². The Bertz CT molecular complexity index is 378. The van der Waals surface area contributed by atoms with Crippen LogP contribution in [0.15, 0.2) is 12.3 Å². The molecule has 94 valence electrons. The lowest BCUT2D eigenvalue weighted by Gasteiger charge is -2.25. The van der Waals surface area contributed by atoms with Crippen LogP contribution in [0.2, 0.25) is 0 Å². The zero-order chi connectivity index (χ0) is 12.3. The fourth-order valence-electron chi connectivity index (χ4n) is 2.52. The van der Waals surface area contributed by atoms with E-state index in [1.165, 1.54) is 0 Å². The maximum atomic E-state index is 12.4. The molecule has 0 radical (unpaired) electrons. The first-order valence-corrected chi connectivity index (χ1v) is 6.54. The monoisotopic (exact) mass is 235 g/mol. The van der Waals surface area contributed by atoms with Crippen molar-refractivity contribution in [3.05, 3.63) is 18.0 Å². The van der Waals surface area contributed by atoms with Crippen LogP contribution in [-0.2, 0) is 6.54 Å². The molecular weight excluding hydrogens is 214 g/mol. The van der Waals surface area contributed by atoms with Gasteiger partial charge >= 0.3 is 0 Å². The van der Waals surface area contributed by atoms with Gasteiger partial charge in [0, 0.05) is 24.7 Å². The molecule has 1 aliphatic carbocycles. The molecule has 0 aromatic carbocycles. The normalized spacial score (nSPS) is 24.8. The Labute approximate surface area is 102 Å². The number of carbonyl (C=O) groups excluding carboxylic acids is 1. The zero-order valence-corrected chi connectivity index (χ0v) is 10.4. The summed E-state index contributed by atoms with van der Waals surface area (Å²) in [5, 5.41) is 4.21. The van der Waals surface area contributed by atoms with E-state index in [1.807, 2.05) is 10.7 Å². The Hall–Kier alpha value is -1.16. The summed E-state index contributed by atoms with van der Waals surface area (Å²) < 4.78 is 1.83. The van der Waals surface area contributed by atoms with Crippen LogP contribution in [0.1, 0.15) is 49.5 Å². The van der Waals surface area contributed by atoms with Gasteiger partial charge in [-0.25, -0.2) is 0 Å². The Morgan fingerprint density at radius 3 is 2.82 bits per heavy atom. The van der Waals surface area contributed by atoms with Crippen molar-refractivity contribution in [1.82, 2.24) is 9.78 Å². The average Bonchev–Trinajstić information content (AvgIpc) is 2.78. The molecule has 0 saturated heterocycles. The smallest absolute Gasteiger partial charge is 0.183 e. The van der Waals surface area contributed by atoms with Crippen LogP contribution in [0, 0.1) is 5.92 Å². The molecule has 0 unspecified atom stereocenters. The number of Topliss-reactive ketones (excluding diaryl/α,β-unsaturated/α-hetero) is 1. The predicted molar refractivity (Wildman–Crippen MR) is 66.8 cm³/mol. The largest absolute Gasteiger partial charge is 0.328 e. The van der Waals surface area contributed by atoms with Gasteiger partial charge in [0.1, 0.15) is 5.69 Å². The van der Waals surface area contributed by atoms with Crippen molar-refractivity contribution in [3.63, 3.8) is 0 Å². The summed E-state index contributed by atoms with van der Waals surface area (Å²) in [6, 6.07) is 2.13. The lowest BCUT2D eigenvalue weighted by molar-refractivity contribution is 0.0873. The van der Waals surface area contributed by atoms with Gasteiger partial charge in [0.15, 0.2) is 5.78 Å². The first-order valence-electron chi connectivity index (χ1n) is 6.54. The van der Waals surface area contributed by atoms with Gasteiger partial charge in [0.05, 0.1) is 0 Å². The number of hydrogen-bond acceptors (Lipinski definition) is 3. The molecule has 1 fully saturated rings. The predicted octanol–water partition coefficient (Wildman–Crippen LogP) is 1.99. The number of carbonyl (C=O) groups is 1. The summed E-state index contributed by atoms with van der Waals surface area (Å²) in [4.78, 5) is 12.4. The van der Waals surface area contributed by atoms with Gasteiger partial charge in [0.25, 0.3) is 0 Å². The van der Waals surface area contributed by atoms with Crippen molar-refractivity contribution >= 4 is 5.78 Å². The highest BCUT2D eigenvalue weighted by molar-refractivity contribution is 5.96. The molecule has 1 aliphatic rings. The molecule has 0 spiro atoms. The molecule has 0 amide bonds. The zero-order valence-electron chi connectivity index (χ0n) is 10.4. The molecule has 1 saturated carbocycles. The highest BCUT2D eigenvalue weighted by Crippen LogP contribution is 2.26. The first-order chi connectivity index (χ1) is 8.22. The maximum Gasteiger partial charge on any atom is 0.183 e. The van der Waals surface area contributed by atoms with Gasteiger partial charge in [-0.2, -0.15) is 5.10 Å². The van der Waals surface area contributed by atoms with Crippen LogP contribution in [0.3, 0.4) is 0 Å². The molecule has 0 atom stereocenters. The van der Waals surface area contributed by atoms with Crippen molar-refractivity contribution < 1.29 is 4.79 Å². The van der Waals surface area contributed by atoms with E-state index in [-0.39, 0.29) is 11.7 Å². The maximum absolute atomic E-state index is 12.4. The number of aromatic nitrogens is 2. The standard InChI is InChI=1S/C13H21N3O/c1-2-9-16-12(7-8-15-16)13(17)10-3-5-11(14)6-4-10/h7-8,10-11H,2-6,9,14H2,1H3.